The van der Waals surface area contributed by atoms with E-state index in [4.69, 9.17) is 0 Å². The Morgan fingerprint density at radius 2 is 2.04 bits per heavy atom. The van der Waals surface area contributed by atoms with E-state index >= 15 is 0 Å². The van der Waals surface area contributed by atoms with Crippen LogP contribution in [-0.2, 0) is 24.9 Å². The van der Waals surface area contributed by atoms with Crippen LogP contribution in [0, 0.1) is 26.7 Å². The molecule has 23 heavy (non-hydrogen) atoms. The summed E-state index contributed by atoms with van der Waals surface area (Å²) in [6.07, 6.45) is 0.663. The number of amides is 1. The van der Waals surface area contributed by atoms with Gasteiger partial charge >= 0.3 is 0 Å². The first-order valence-corrected chi connectivity index (χ1v) is 7.83. The minimum absolute atomic E-state index is 0.0224. The van der Waals surface area contributed by atoms with Gasteiger partial charge in [0, 0.05) is 24.3 Å². The average molecular weight is 315 g/mol. The van der Waals surface area contributed by atoms with Crippen LogP contribution in [0.1, 0.15) is 35.0 Å². The normalized spacial score (nSPS) is 12.3. The van der Waals surface area contributed by atoms with E-state index in [1.807, 2.05) is 57.6 Å². The van der Waals surface area contributed by atoms with Crippen LogP contribution in [0.4, 0.5) is 5.69 Å². The Labute approximate surface area is 137 Å². The number of aliphatic hydroxyl groups is 1. The number of rotatable bonds is 5. The molecule has 5 nitrogen and oxygen atoms in total. The molecule has 124 valence electrons. The number of anilines is 1. The lowest BCUT2D eigenvalue weighted by molar-refractivity contribution is -0.119. The van der Waals surface area contributed by atoms with Gasteiger partial charge < -0.3 is 10.4 Å². The van der Waals surface area contributed by atoms with Crippen LogP contribution < -0.4 is 5.32 Å². The summed E-state index contributed by atoms with van der Waals surface area (Å²) in [5.41, 5.74) is 5.74. The molecule has 2 N–H and O–H groups in total. The molecule has 0 radical (unpaired) electrons. The van der Waals surface area contributed by atoms with Crippen LogP contribution in [0.3, 0.4) is 0 Å². The van der Waals surface area contributed by atoms with E-state index in [1.54, 1.807) is 0 Å². The average Bonchev–Trinajstić information content (AvgIpc) is 2.75. The van der Waals surface area contributed by atoms with Crippen molar-refractivity contribution in [2.45, 2.75) is 40.7 Å². The first-order valence-electron chi connectivity index (χ1n) is 7.83. The molecule has 0 aliphatic carbocycles. The Morgan fingerprint density at radius 1 is 1.35 bits per heavy atom. The zero-order chi connectivity index (χ0) is 17.1. The minimum Gasteiger partial charge on any atom is -0.392 e. The number of aliphatic hydroxyl groups excluding tert-OH is 1. The second-order valence-corrected chi connectivity index (χ2v) is 6.17. The van der Waals surface area contributed by atoms with Gasteiger partial charge in [-0.1, -0.05) is 19.1 Å². The first kappa shape index (κ1) is 17.2. The quantitative estimate of drug-likeness (QED) is 0.891. The molecule has 0 spiro atoms. The van der Waals surface area contributed by atoms with Gasteiger partial charge in [-0.3, -0.25) is 9.48 Å². The lowest BCUT2D eigenvalue weighted by atomic mass is 9.98. The van der Waals surface area contributed by atoms with Crippen molar-refractivity contribution in [2.75, 3.05) is 5.32 Å². The second kappa shape index (κ2) is 6.96. The molecule has 1 amide bonds. The molecular formula is C18H25N3O2. The third-order valence-corrected chi connectivity index (χ3v) is 4.36. The number of nitrogens with zero attached hydrogens (tertiary/aromatic N) is 2. The predicted molar refractivity (Wildman–Crippen MR) is 91.3 cm³/mol. The SMILES string of the molecule is Cc1ccc(CO)cc1NC(=O)C(C)Cc1c(C)nn(C)c1C. The summed E-state index contributed by atoms with van der Waals surface area (Å²) in [6, 6.07) is 5.58. The molecule has 2 rings (SSSR count). The minimum atomic E-state index is -0.159. The standard InChI is InChI=1S/C18H25N3O2/c1-11-6-7-15(10-22)9-17(11)19-18(23)12(2)8-16-13(3)20-21(5)14(16)4/h6-7,9,12,22H,8,10H2,1-5H3,(H,19,23). The van der Waals surface area contributed by atoms with Crippen molar-refractivity contribution in [2.24, 2.45) is 13.0 Å². The molecule has 2 aromatic rings. The molecule has 0 aliphatic heterocycles. The highest BCUT2D eigenvalue weighted by Crippen LogP contribution is 2.21. The number of hydrogen-bond acceptors (Lipinski definition) is 3. The summed E-state index contributed by atoms with van der Waals surface area (Å²) in [5, 5.41) is 16.6. The summed E-state index contributed by atoms with van der Waals surface area (Å²) in [5.74, 6) is -0.181. The molecular weight excluding hydrogens is 290 g/mol. The Kier molecular flexibility index (Phi) is 5.21. The summed E-state index contributed by atoms with van der Waals surface area (Å²) < 4.78 is 1.85. The summed E-state index contributed by atoms with van der Waals surface area (Å²) in [7, 11) is 1.92. The molecule has 5 heteroatoms. The number of carbonyl (C=O) groups is 1. The third-order valence-electron chi connectivity index (χ3n) is 4.36. The fourth-order valence-corrected chi connectivity index (χ4v) is 2.67. The van der Waals surface area contributed by atoms with E-state index in [0.29, 0.717) is 6.42 Å². The van der Waals surface area contributed by atoms with E-state index in [0.717, 1.165) is 33.8 Å². The van der Waals surface area contributed by atoms with Crippen LogP contribution in [0.15, 0.2) is 18.2 Å². The molecule has 1 aromatic heterocycles. The van der Waals surface area contributed by atoms with Gasteiger partial charge in [0.05, 0.1) is 12.3 Å². The number of nitrogens with one attached hydrogen (secondary N) is 1. The van der Waals surface area contributed by atoms with Crippen molar-refractivity contribution >= 4 is 11.6 Å². The molecule has 0 saturated heterocycles. The van der Waals surface area contributed by atoms with Crippen LogP contribution >= 0.6 is 0 Å². The van der Waals surface area contributed by atoms with Gasteiger partial charge in [0.2, 0.25) is 5.91 Å². The Bertz CT molecular complexity index is 719. The number of aromatic nitrogens is 2. The number of hydrogen-bond donors (Lipinski definition) is 2. The van der Waals surface area contributed by atoms with Gasteiger partial charge in [-0.05, 0) is 49.9 Å². The summed E-state index contributed by atoms with van der Waals surface area (Å²) in [6.45, 7) is 7.83. The van der Waals surface area contributed by atoms with Crippen LogP contribution in [0.5, 0.6) is 0 Å². The topological polar surface area (TPSA) is 67.2 Å². The number of aryl methyl sites for hydroxylation is 3. The largest absolute Gasteiger partial charge is 0.392 e. The van der Waals surface area contributed by atoms with Gasteiger partial charge in [0.15, 0.2) is 0 Å². The predicted octanol–water partition coefficient (Wildman–Crippen LogP) is 2.65. The Hall–Kier alpha value is -2.14. The van der Waals surface area contributed by atoms with Crippen LogP contribution in [-0.4, -0.2) is 20.8 Å². The van der Waals surface area contributed by atoms with Crippen molar-refractivity contribution < 1.29 is 9.90 Å². The van der Waals surface area contributed by atoms with Crippen molar-refractivity contribution in [3.05, 3.63) is 46.3 Å². The van der Waals surface area contributed by atoms with E-state index < -0.39 is 0 Å². The van der Waals surface area contributed by atoms with Gasteiger partial charge in [-0.2, -0.15) is 5.10 Å². The highest BCUT2D eigenvalue weighted by atomic mass is 16.3. The fraction of sp³-hybridized carbons (Fsp3) is 0.444. The maximum atomic E-state index is 12.5. The maximum Gasteiger partial charge on any atom is 0.227 e. The van der Waals surface area contributed by atoms with Crippen molar-refractivity contribution in [1.29, 1.82) is 0 Å². The molecule has 0 bridgehead atoms. The van der Waals surface area contributed by atoms with Crippen molar-refractivity contribution in [1.82, 2.24) is 9.78 Å². The maximum absolute atomic E-state index is 12.5. The molecule has 1 heterocycles. The zero-order valence-corrected chi connectivity index (χ0v) is 14.5. The lowest BCUT2D eigenvalue weighted by Crippen LogP contribution is -2.23. The molecule has 0 fully saturated rings. The van der Waals surface area contributed by atoms with Gasteiger partial charge in [-0.25, -0.2) is 0 Å². The molecule has 1 atom stereocenters. The first-order chi connectivity index (χ1) is 10.8. The monoisotopic (exact) mass is 315 g/mol. The van der Waals surface area contributed by atoms with E-state index in [9.17, 15) is 9.90 Å². The smallest absolute Gasteiger partial charge is 0.227 e. The molecule has 0 aliphatic rings. The number of carbonyl (C=O) groups excluding carboxylic acids is 1. The fourth-order valence-electron chi connectivity index (χ4n) is 2.67. The third kappa shape index (κ3) is 3.79. The van der Waals surface area contributed by atoms with Gasteiger partial charge in [0.1, 0.15) is 0 Å². The Balaban J connectivity index is 2.11. The van der Waals surface area contributed by atoms with Crippen LogP contribution in [0.2, 0.25) is 0 Å². The van der Waals surface area contributed by atoms with E-state index in [1.165, 1.54) is 0 Å². The summed E-state index contributed by atoms with van der Waals surface area (Å²) in [4.78, 5) is 12.5. The lowest BCUT2D eigenvalue weighted by Gasteiger charge is -2.15. The summed E-state index contributed by atoms with van der Waals surface area (Å²) >= 11 is 0. The number of benzene rings is 1. The van der Waals surface area contributed by atoms with Crippen molar-refractivity contribution in [3.63, 3.8) is 0 Å². The zero-order valence-electron chi connectivity index (χ0n) is 14.5. The van der Waals surface area contributed by atoms with Gasteiger partial charge in [-0.15, -0.1) is 0 Å². The highest BCUT2D eigenvalue weighted by molar-refractivity contribution is 5.93. The molecule has 1 aromatic carbocycles. The highest BCUT2D eigenvalue weighted by Gasteiger charge is 2.19. The van der Waals surface area contributed by atoms with E-state index in [-0.39, 0.29) is 18.4 Å². The molecule has 1 unspecified atom stereocenters. The molecule has 0 saturated carbocycles. The van der Waals surface area contributed by atoms with Gasteiger partial charge in [0.25, 0.3) is 0 Å². The van der Waals surface area contributed by atoms with Crippen molar-refractivity contribution in [3.8, 4) is 0 Å². The van der Waals surface area contributed by atoms with E-state index in [2.05, 4.69) is 10.4 Å². The Morgan fingerprint density at radius 3 is 2.61 bits per heavy atom. The van der Waals surface area contributed by atoms with Crippen LogP contribution in [0.25, 0.3) is 0 Å². The second-order valence-electron chi connectivity index (χ2n) is 6.17.